The number of hydrogen-bond acceptors (Lipinski definition) is 10. The number of primary amides is 1. The number of carbonyl (C=O) groups excluding carboxylic acids is 7. The van der Waals surface area contributed by atoms with E-state index in [2.05, 4.69) is 5.32 Å². The molecule has 0 aliphatic heterocycles. The lowest BCUT2D eigenvalue weighted by Gasteiger charge is -2.32. The van der Waals surface area contributed by atoms with E-state index in [-0.39, 0.29) is 61.0 Å². The van der Waals surface area contributed by atoms with E-state index in [1.54, 1.807) is 30.3 Å². The molecular weight excluding hydrogens is 612 g/mol. The number of hydroxylamine groups is 2. The molecule has 0 atom stereocenters. The molecule has 2 aromatic rings. The van der Waals surface area contributed by atoms with Crippen LogP contribution in [0.5, 0.6) is 11.5 Å². The Morgan fingerprint density at radius 3 is 2.13 bits per heavy atom. The molecule has 0 saturated heterocycles. The second-order valence-corrected chi connectivity index (χ2v) is 10.9. The van der Waals surface area contributed by atoms with Crippen molar-refractivity contribution in [1.82, 2.24) is 15.3 Å². The maximum Gasteiger partial charge on any atom is 0.363 e. The van der Waals surface area contributed by atoms with E-state index in [4.69, 9.17) is 20.0 Å². The molecule has 1 aliphatic carbocycles. The largest absolute Gasteiger partial charge is 0.423 e. The topological polar surface area (TPSA) is 192 Å². The van der Waals surface area contributed by atoms with Gasteiger partial charge in [-0.05, 0) is 49.9 Å². The number of para-hydroxylation sites is 1. The van der Waals surface area contributed by atoms with Crippen LogP contribution in [0.1, 0.15) is 92.4 Å². The predicted octanol–water partition coefficient (Wildman–Crippen LogP) is 3.67. The number of nitrogens with two attached hydrogens (primary N) is 1. The van der Waals surface area contributed by atoms with Gasteiger partial charge in [0.15, 0.2) is 11.5 Å². The zero-order valence-corrected chi connectivity index (χ0v) is 26.5. The third-order valence-corrected chi connectivity index (χ3v) is 7.29. The number of ether oxygens (including phenoxy) is 2. The average Bonchev–Trinajstić information content (AvgIpc) is 3.04. The molecule has 1 fully saturated rings. The minimum absolute atomic E-state index is 0.0312. The van der Waals surface area contributed by atoms with E-state index in [9.17, 15) is 33.6 Å². The van der Waals surface area contributed by atoms with E-state index in [1.165, 1.54) is 25.1 Å². The minimum atomic E-state index is -1.02. The summed E-state index contributed by atoms with van der Waals surface area (Å²) in [5.74, 6) is -4.11. The lowest BCUT2D eigenvalue weighted by Crippen LogP contribution is -2.46. The van der Waals surface area contributed by atoms with Gasteiger partial charge >= 0.3 is 23.9 Å². The summed E-state index contributed by atoms with van der Waals surface area (Å²) in [4.78, 5) is 93.1. The zero-order valence-electron chi connectivity index (χ0n) is 26.5. The molecule has 0 spiro atoms. The average molecular weight is 653 g/mol. The first-order valence-electron chi connectivity index (χ1n) is 15.4. The van der Waals surface area contributed by atoms with Crippen molar-refractivity contribution in [1.29, 1.82) is 0 Å². The molecular formula is C33H40N4O10. The van der Waals surface area contributed by atoms with Crippen LogP contribution in [0.25, 0.3) is 0 Å². The molecule has 2 aromatic carbocycles. The molecule has 0 bridgehead atoms. The predicted molar refractivity (Wildman–Crippen MR) is 167 cm³/mol. The summed E-state index contributed by atoms with van der Waals surface area (Å²) in [5.41, 5.74) is 5.71. The van der Waals surface area contributed by atoms with Gasteiger partial charge in [-0.3, -0.25) is 28.9 Å². The molecule has 47 heavy (non-hydrogen) atoms. The first kappa shape index (κ1) is 36.2. The van der Waals surface area contributed by atoms with Gasteiger partial charge in [0, 0.05) is 39.8 Å². The summed E-state index contributed by atoms with van der Waals surface area (Å²) in [5, 5.41) is 3.73. The van der Waals surface area contributed by atoms with Gasteiger partial charge in [0.1, 0.15) is 0 Å². The van der Waals surface area contributed by atoms with Gasteiger partial charge < -0.3 is 25.4 Å². The lowest BCUT2D eigenvalue weighted by atomic mass is 9.95. The summed E-state index contributed by atoms with van der Waals surface area (Å²) in [6.45, 7) is 2.13. The number of urea groups is 1. The van der Waals surface area contributed by atoms with Crippen LogP contribution in [0.2, 0.25) is 0 Å². The van der Waals surface area contributed by atoms with E-state index in [1.807, 2.05) is 0 Å². The third kappa shape index (κ3) is 11.2. The maximum absolute atomic E-state index is 13.3. The maximum atomic E-state index is 13.3. The second-order valence-electron chi connectivity index (χ2n) is 10.9. The van der Waals surface area contributed by atoms with Crippen molar-refractivity contribution in [3.8, 4) is 11.5 Å². The number of imide groups is 1. The van der Waals surface area contributed by atoms with Crippen LogP contribution >= 0.6 is 0 Å². The van der Waals surface area contributed by atoms with Crippen molar-refractivity contribution >= 4 is 41.7 Å². The highest BCUT2D eigenvalue weighted by Crippen LogP contribution is 2.32. The highest BCUT2D eigenvalue weighted by atomic mass is 16.7. The first-order valence-corrected chi connectivity index (χ1v) is 15.4. The van der Waals surface area contributed by atoms with E-state index >= 15 is 0 Å². The van der Waals surface area contributed by atoms with Crippen molar-refractivity contribution in [2.24, 2.45) is 5.73 Å². The Kier molecular flexibility index (Phi) is 13.9. The summed E-state index contributed by atoms with van der Waals surface area (Å²) in [6, 6.07) is 11.2. The Labute approximate surface area is 272 Å². The molecule has 252 valence electrons. The Balaban J connectivity index is 1.53. The number of nitrogens with one attached hydrogen (secondary N) is 1. The van der Waals surface area contributed by atoms with Crippen molar-refractivity contribution in [3.63, 3.8) is 0 Å². The summed E-state index contributed by atoms with van der Waals surface area (Å²) < 4.78 is 10.2. The first-order chi connectivity index (χ1) is 22.5. The summed E-state index contributed by atoms with van der Waals surface area (Å²) >= 11 is 0. The Morgan fingerprint density at radius 1 is 0.809 bits per heavy atom. The summed E-state index contributed by atoms with van der Waals surface area (Å²) in [7, 11) is 0. The zero-order chi connectivity index (χ0) is 34.3. The number of unbranched alkanes of at least 4 members (excludes halogenated alkanes) is 1. The molecule has 3 N–H and O–H groups in total. The smallest absolute Gasteiger partial charge is 0.363 e. The Morgan fingerprint density at radius 2 is 1.49 bits per heavy atom. The fraction of sp³-hybridized carbons (Fsp3) is 0.424. The number of nitrogens with zero attached hydrogens (tertiary/aromatic N) is 2. The van der Waals surface area contributed by atoms with Crippen molar-refractivity contribution in [2.75, 3.05) is 13.1 Å². The van der Waals surface area contributed by atoms with E-state index < -0.39 is 41.7 Å². The Bertz CT molecular complexity index is 1460. The van der Waals surface area contributed by atoms with Gasteiger partial charge in [-0.25, -0.2) is 9.59 Å². The van der Waals surface area contributed by atoms with Crippen LogP contribution < -0.4 is 20.5 Å². The fourth-order valence-corrected chi connectivity index (χ4v) is 5.05. The van der Waals surface area contributed by atoms with Crippen LogP contribution in [0.15, 0.2) is 48.5 Å². The number of carbonyl (C=O) groups is 7. The SMILES string of the molecule is CC(=O)Oc1cccc(C(=O)NCCCCC(=O)N(CCC(=O)N(OC(=O)c2ccccc2)C2CCCCC2)C(N)=O)c1OC(C)=O. The highest BCUT2D eigenvalue weighted by Gasteiger charge is 2.31. The molecule has 5 amide bonds. The van der Waals surface area contributed by atoms with Crippen LogP contribution in [0.3, 0.4) is 0 Å². The fourth-order valence-electron chi connectivity index (χ4n) is 5.05. The summed E-state index contributed by atoms with van der Waals surface area (Å²) in [6.07, 6.45) is 4.29. The molecule has 0 unspecified atom stereocenters. The molecule has 14 heteroatoms. The molecule has 0 radical (unpaired) electrons. The van der Waals surface area contributed by atoms with Gasteiger partial charge in [0.2, 0.25) is 5.91 Å². The standard InChI is InChI=1S/C33H40N4O10/c1-22(38)45-27-17-11-16-26(30(27)46-23(2)39)31(42)35-20-10-9-18-28(40)36(33(34)44)21-19-29(41)37(25-14-7-4-8-15-25)47-32(43)24-12-5-3-6-13-24/h3,5-6,11-13,16-17,25H,4,7-10,14-15,18-21H2,1-2H3,(H2,34,44)(H,35,42). The number of esters is 2. The Hall–Kier alpha value is -5.27. The quantitative estimate of drug-likeness (QED) is 0.140. The molecule has 14 nitrogen and oxygen atoms in total. The lowest BCUT2D eigenvalue weighted by molar-refractivity contribution is -0.180. The molecule has 3 rings (SSSR count). The number of amides is 5. The van der Waals surface area contributed by atoms with Crippen LogP contribution in [0, 0.1) is 0 Å². The van der Waals surface area contributed by atoms with E-state index in [0.29, 0.717) is 19.3 Å². The number of hydrogen-bond donors (Lipinski definition) is 2. The van der Waals surface area contributed by atoms with Gasteiger partial charge in [-0.2, -0.15) is 5.06 Å². The van der Waals surface area contributed by atoms with Crippen LogP contribution in [-0.2, 0) is 24.0 Å². The third-order valence-electron chi connectivity index (χ3n) is 7.29. The van der Waals surface area contributed by atoms with Gasteiger partial charge in [-0.1, -0.05) is 43.5 Å². The van der Waals surface area contributed by atoms with Gasteiger partial charge in [0.25, 0.3) is 11.8 Å². The van der Waals surface area contributed by atoms with Crippen LogP contribution in [-0.4, -0.2) is 70.8 Å². The number of rotatable bonds is 13. The highest BCUT2D eigenvalue weighted by molar-refractivity contribution is 5.99. The van der Waals surface area contributed by atoms with Gasteiger partial charge in [0.05, 0.1) is 17.2 Å². The molecule has 0 aromatic heterocycles. The number of benzene rings is 2. The van der Waals surface area contributed by atoms with Crippen molar-refractivity contribution in [3.05, 3.63) is 59.7 Å². The normalized spacial score (nSPS) is 12.7. The van der Waals surface area contributed by atoms with Crippen molar-refractivity contribution in [2.45, 2.75) is 77.7 Å². The van der Waals surface area contributed by atoms with Crippen molar-refractivity contribution < 1.29 is 47.9 Å². The molecule has 0 heterocycles. The van der Waals surface area contributed by atoms with Crippen LogP contribution in [0.4, 0.5) is 4.79 Å². The minimum Gasteiger partial charge on any atom is -0.423 e. The van der Waals surface area contributed by atoms with Gasteiger partial charge in [-0.15, -0.1) is 0 Å². The molecule has 1 saturated carbocycles. The second kappa shape index (κ2) is 18.0. The monoisotopic (exact) mass is 652 g/mol. The molecule has 1 aliphatic rings. The van der Waals surface area contributed by atoms with E-state index in [0.717, 1.165) is 36.1 Å².